The third kappa shape index (κ3) is 2.53. The third-order valence-corrected chi connectivity index (χ3v) is 5.45. The highest BCUT2D eigenvalue weighted by molar-refractivity contribution is 6.00. The summed E-state index contributed by atoms with van der Waals surface area (Å²) in [5, 5.41) is 3.21. The topological polar surface area (TPSA) is 82.3 Å². The Morgan fingerprint density at radius 3 is 2.41 bits per heavy atom. The smallest absolute Gasteiger partial charge is 0.332 e. The Morgan fingerprint density at radius 2 is 1.74 bits per heavy atom. The van der Waals surface area contributed by atoms with Crippen LogP contribution in [0.5, 0.6) is 5.75 Å². The molecule has 1 aromatic carbocycles. The summed E-state index contributed by atoms with van der Waals surface area (Å²) in [5.41, 5.74) is 1.92. The lowest BCUT2D eigenvalue weighted by atomic mass is 9.76. The number of rotatable bonds is 2. The molecule has 140 valence electrons. The lowest BCUT2D eigenvalue weighted by Gasteiger charge is -2.34. The van der Waals surface area contributed by atoms with Crippen LogP contribution in [0.15, 0.2) is 45.1 Å². The predicted octanol–water partition coefficient (Wildman–Crippen LogP) is 1.66. The number of hydrogen-bond donors (Lipinski definition) is 1. The second kappa shape index (κ2) is 6.26. The fourth-order valence-corrected chi connectivity index (χ4v) is 4.03. The van der Waals surface area contributed by atoms with Crippen molar-refractivity contribution < 1.29 is 9.53 Å². The van der Waals surface area contributed by atoms with E-state index in [9.17, 15) is 14.4 Å². The van der Waals surface area contributed by atoms with Gasteiger partial charge in [-0.15, -0.1) is 0 Å². The van der Waals surface area contributed by atoms with E-state index in [-0.39, 0.29) is 11.3 Å². The molecule has 0 spiro atoms. The summed E-state index contributed by atoms with van der Waals surface area (Å²) in [6.45, 7) is 0. The van der Waals surface area contributed by atoms with Crippen LogP contribution in [0.3, 0.4) is 0 Å². The van der Waals surface area contributed by atoms with Crippen LogP contribution in [0.25, 0.3) is 0 Å². The van der Waals surface area contributed by atoms with Crippen LogP contribution in [0.4, 0.5) is 5.82 Å². The van der Waals surface area contributed by atoms with E-state index < -0.39 is 11.6 Å². The van der Waals surface area contributed by atoms with Crippen molar-refractivity contribution in [2.45, 2.75) is 25.2 Å². The molecule has 0 radical (unpaired) electrons. The SMILES string of the molecule is COc1ccc([C@H]2C3=C(CCCC3=O)Nc3c2c(=O)n(C)c(=O)n3C)cc1. The van der Waals surface area contributed by atoms with Gasteiger partial charge in [-0.2, -0.15) is 0 Å². The summed E-state index contributed by atoms with van der Waals surface area (Å²) in [6, 6.07) is 7.37. The standard InChI is InChI=1S/C20H21N3O4/c1-22-18-17(19(25)23(2)20(22)26)15(11-7-9-12(27-3)10-8-11)16-13(21-18)5-4-6-14(16)24/h7-10,15,21H,4-6H2,1-3H3/t15-/m0/s1. The number of fused-ring (bicyclic) bond motifs is 1. The molecule has 2 aliphatic rings. The molecule has 0 fully saturated rings. The van der Waals surface area contributed by atoms with E-state index in [2.05, 4.69) is 5.32 Å². The van der Waals surface area contributed by atoms with Crippen LogP contribution in [0, 0.1) is 0 Å². The van der Waals surface area contributed by atoms with Crippen molar-refractivity contribution in [3.8, 4) is 5.75 Å². The zero-order valence-electron chi connectivity index (χ0n) is 15.5. The van der Waals surface area contributed by atoms with Gasteiger partial charge in [-0.1, -0.05) is 12.1 Å². The molecule has 0 bridgehead atoms. The second-order valence-corrected chi connectivity index (χ2v) is 6.97. The first-order valence-corrected chi connectivity index (χ1v) is 8.91. The first-order valence-electron chi connectivity index (χ1n) is 8.91. The number of carbonyl (C=O) groups is 1. The van der Waals surface area contributed by atoms with Crippen LogP contribution >= 0.6 is 0 Å². The van der Waals surface area contributed by atoms with Gasteiger partial charge in [-0.05, 0) is 30.5 Å². The fourth-order valence-electron chi connectivity index (χ4n) is 4.03. The van der Waals surface area contributed by atoms with Crippen LogP contribution in [-0.4, -0.2) is 22.0 Å². The van der Waals surface area contributed by atoms with Crippen LogP contribution in [-0.2, 0) is 18.9 Å². The van der Waals surface area contributed by atoms with Crippen molar-refractivity contribution in [3.05, 3.63) is 67.5 Å². The van der Waals surface area contributed by atoms with E-state index in [0.29, 0.717) is 29.1 Å². The summed E-state index contributed by atoms with van der Waals surface area (Å²) in [7, 11) is 4.68. The number of aromatic nitrogens is 2. The Hall–Kier alpha value is -3.09. The molecule has 1 N–H and O–H groups in total. The maximum Gasteiger partial charge on any atom is 0.332 e. The quantitative estimate of drug-likeness (QED) is 0.873. The van der Waals surface area contributed by atoms with Gasteiger partial charge < -0.3 is 10.1 Å². The van der Waals surface area contributed by atoms with Gasteiger partial charge in [0.05, 0.1) is 12.7 Å². The van der Waals surface area contributed by atoms with Crippen molar-refractivity contribution >= 4 is 11.6 Å². The number of benzene rings is 1. The minimum Gasteiger partial charge on any atom is -0.497 e. The van der Waals surface area contributed by atoms with Gasteiger partial charge in [-0.25, -0.2) is 4.79 Å². The Morgan fingerprint density at radius 1 is 1.04 bits per heavy atom. The van der Waals surface area contributed by atoms with Crippen molar-refractivity contribution in [1.29, 1.82) is 0 Å². The molecule has 1 atom stereocenters. The minimum atomic E-state index is -0.500. The Kier molecular flexibility index (Phi) is 4.02. The van der Waals surface area contributed by atoms with E-state index in [0.717, 1.165) is 28.7 Å². The number of hydrogen-bond acceptors (Lipinski definition) is 5. The highest BCUT2D eigenvalue weighted by Crippen LogP contribution is 2.43. The number of methoxy groups -OCH3 is 1. The molecule has 1 aliphatic carbocycles. The summed E-state index contributed by atoms with van der Waals surface area (Å²) in [4.78, 5) is 38.2. The highest BCUT2D eigenvalue weighted by atomic mass is 16.5. The predicted molar refractivity (Wildman–Crippen MR) is 101 cm³/mol. The summed E-state index contributed by atoms with van der Waals surface area (Å²) in [6.07, 6.45) is 1.94. The lowest BCUT2D eigenvalue weighted by molar-refractivity contribution is -0.116. The number of Topliss-reactive ketones (excluding diaryl/α,β-unsaturated/α-hetero) is 1. The Labute approximate surface area is 155 Å². The van der Waals surface area contributed by atoms with E-state index in [4.69, 9.17) is 4.74 Å². The van der Waals surface area contributed by atoms with Crippen molar-refractivity contribution in [2.75, 3.05) is 12.4 Å². The van der Waals surface area contributed by atoms with Crippen LogP contribution in [0.1, 0.15) is 36.3 Å². The van der Waals surface area contributed by atoms with Crippen molar-refractivity contribution in [1.82, 2.24) is 9.13 Å². The van der Waals surface area contributed by atoms with Gasteiger partial charge in [0.25, 0.3) is 5.56 Å². The molecule has 4 rings (SSSR count). The average molecular weight is 367 g/mol. The summed E-state index contributed by atoms with van der Waals surface area (Å²) < 4.78 is 7.76. The molecule has 2 heterocycles. The molecule has 0 unspecified atom stereocenters. The number of allylic oxidation sites excluding steroid dienone is 2. The summed E-state index contributed by atoms with van der Waals surface area (Å²) in [5.74, 6) is 0.717. The minimum absolute atomic E-state index is 0.0473. The first kappa shape index (κ1) is 17.3. The van der Waals surface area contributed by atoms with E-state index in [1.54, 1.807) is 14.2 Å². The number of ether oxygens (including phenoxy) is 1. The van der Waals surface area contributed by atoms with Gasteiger partial charge in [0, 0.05) is 37.7 Å². The Bertz CT molecular complexity index is 1090. The fraction of sp³-hybridized carbons (Fsp3) is 0.350. The molecule has 1 aromatic heterocycles. The van der Waals surface area contributed by atoms with Crippen molar-refractivity contribution in [2.24, 2.45) is 14.1 Å². The van der Waals surface area contributed by atoms with E-state index in [1.807, 2.05) is 24.3 Å². The average Bonchev–Trinajstić information content (AvgIpc) is 2.69. The number of nitrogens with zero attached hydrogens (tertiary/aromatic N) is 2. The normalized spacial score (nSPS) is 18.6. The zero-order chi connectivity index (χ0) is 19.3. The number of nitrogens with one attached hydrogen (secondary N) is 1. The first-order chi connectivity index (χ1) is 12.9. The Balaban J connectivity index is 2.04. The summed E-state index contributed by atoms with van der Waals surface area (Å²) >= 11 is 0. The highest BCUT2D eigenvalue weighted by Gasteiger charge is 2.38. The monoisotopic (exact) mass is 367 g/mol. The van der Waals surface area contributed by atoms with Gasteiger partial charge in [0.1, 0.15) is 11.6 Å². The van der Waals surface area contributed by atoms with Gasteiger partial charge in [0.15, 0.2) is 5.78 Å². The third-order valence-electron chi connectivity index (χ3n) is 5.45. The van der Waals surface area contributed by atoms with Crippen LogP contribution in [0.2, 0.25) is 0 Å². The molecule has 0 amide bonds. The maximum atomic E-state index is 13.0. The zero-order valence-corrected chi connectivity index (χ0v) is 15.5. The number of carbonyl (C=O) groups excluding carboxylic acids is 1. The molecule has 0 saturated heterocycles. The molecular formula is C20H21N3O4. The molecule has 2 aromatic rings. The molecule has 0 saturated carbocycles. The van der Waals surface area contributed by atoms with Gasteiger partial charge in [-0.3, -0.25) is 18.7 Å². The van der Waals surface area contributed by atoms with Crippen LogP contribution < -0.4 is 21.3 Å². The molecule has 27 heavy (non-hydrogen) atoms. The number of anilines is 1. The molecule has 1 aliphatic heterocycles. The van der Waals surface area contributed by atoms with E-state index in [1.165, 1.54) is 11.6 Å². The van der Waals surface area contributed by atoms with Gasteiger partial charge in [0.2, 0.25) is 0 Å². The van der Waals surface area contributed by atoms with E-state index >= 15 is 0 Å². The largest absolute Gasteiger partial charge is 0.497 e. The lowest BCUT2D eigenvalue weighted by Crippen LogP contribution is -2.44. The number of ketones is 1. The molecule has 7 heteroatoms. The maximum absolute atomic E-state index is 13.0. The van der Waals surface area contributed by atoms with Gasteiger partial charge >= 0.3 is 5.69 Å². The van der Waals surface area contributed by atoms with Crippen molar-refractivity contribution in [3.63, 3.8) is 0 Å². The molecular weight excluding hydrogens is 346 g/mol. The second-order valence-electron chi connectivity index (χ2n) is 6.97. The molecule has 7 nitrogen and oxygen atoms in total.